The number of rotatable bonds is 4. The summed E-state index contributed by atoms with van der Waals surface area (Å²) in [6.45, 7) is 5.11. The third kappa shape index (κ3) is 4.35. The highest BCUT2D eigenvalue weighted by molar-refractivity contribution is 5.75. The first-order chi connectivity index (χ1) is 13.2. The van der Waals surface area contributed by atoms with Crippen molar-refractivity contribution in [1.82, 2.24) is 9.80 Å². The van der Waals surface area contributed by atoms with E-state index in [0.29, 0.717) is 13.0 Å². The maximum Gasteiger partial charge on any atom is 0.222 e. The normalized spacial score (nSPS) is 25.4. The van der Waals surface area contributed by atoms with E-state index in [9.17, 15) is 9.90 Å². The lowest BCUT2D eigenvalue weighted by atomic mass is 9.74. The molecule has 0 unspecified atom stereocenters. The van der Waals surface area contributed by atoms with Crippen LogP contribution in [-0.4, -0.2) is 72.9 Å². The van der Waals surface area contributed by atoms with Crippen LogP contribution in [0.2, 0.25) is 0 Å². The van der Waals surface area contributed by atoms with Crippen LogP contribution in [0.25, 0.3) is 0 Å². The van der Waals surface area contributed by atoms with Crippen LogP contribution in [0.1, 0.15) is 43.2 Å². The molecule has 146 valence electrons. The summed E-state index contributed by atoms with van der Waals surface area (Å²) in [5.41, 5.74) is 2.19. The van der Waals surface area contributed by atoms with Crippen molar-refractivity contribution in [2.24, 2.45) is 0 Å². The predicted molar refractivity (Wildman–Crippen MR) is 105 cm³/mol. The van der Waals surface area contributed by atoms with E-state index in [1.165, 1.54) is 5.56 Å². The van der Waals surface area contributed by atoms with Gasteiger partial charge in [-0.2, -0.15) is 0 Å². The number of methoxy groups -OCH3 is 1. The number of hydrogen-bond donors (Lipinski definition) is 1. The predicted octanol–water partition coefficient (Wildman–Crippen LogP) is 1.85. The van der Waals surface area contributed by atoms with Gasteiger partial charge in [0.05, 0.1) is 6.61 Å². The van der Waals surface area contributed by atoms with Crippen LogP contribution >= 0.6 is 0 Å². The molecular formula is C22H30N2O3. The Kier molecular flexibility index (Phi) is 6.89. The first-order valence-corrected chi connectivity index (χ1v) is 9.91. The standard InChI is InChI=1S/C22H30N2O3/c1-3-21(26)23-12-4-5-13-24-19(15-23)22(20(24)16-25)18-10-8-17(9-11-18)7-6-14-27-2/h8-11,19-20,22,25H,3-5,12-16H2,1-2H3/t19-,20-,22+/m0/s1. The SMILES string of the molecule is CCC(=O)N1CCCCN2[C@@H](CO)[C@H](c3ccc(C#CCOC)cc3)[C@@H]2C1. The molecule has 5 heteroatoms. The molecule has 2 aliphatic heterocycles. The summed E-state index contributed by atoms with van der Waals surface area (Å²) in [5, 5.41) is 9.98. The van der Waals surface area contributed by atoms with Gasteiger partial charge in [0.15, 0.2) is 0 Å². The number of benzene rings is 1. The number of amides is 1. The molecule has 2 aliphatic rings. The van der Waals surface area contributed by atoms with Crippen molar-refractivity contribution in [2.75, 3.05) is 40.0 Å². The molecule has 3 atom stereocenters. The number of fused-ring (bicyclic) bond motifs is 1. The zero-order valence-corrected chi connectivity index (χ0v) is 16.4. The summed E-state index contributed by atoms with van der Waals surface area (Å²) in [5.74, 6) is 6.54. The molecule has 0 saturated carbocycles. The molecule has 3 rings (SSSR count). The Balaban J connectivity index is 1.78. The van der Waals surface area contributed by atoms with E-state index < -0.39 is 0 Å². The Hall–Kier alpha value is -1.87. The summed E-state index contributed by atoms with van der Waals surface area (Å²) in [6, 6.07) is 8.72. The Morgan fingerprint density at radius 1 is 1.26 bits per heavy atom. The highest BCUT2D eigenvalue weighted by Crippen LogP contribution is 2.41. The second kappa shape index (κ2) is 9.36. The van der Waals surface area contributed by atoms with Gasteiger partial charge in [-0.15, -0.1) is 0 Å². The third-order valence-corrected chi connectivity index (χ3v) is 5.77. The Labute approximate surface area is 162 Å². The van der Waals surface area contributed by atoms with Crippen LogP contribution in [0.4, 0.5) is 0 Å². The van der Waals surface area contributed by atoms with Crippen LogP contribution in [0.15, 0.2) is 24.3 Å². The lowest BCUT2D eigenvalue weighted by molar-refractivity contribution is -0.136. The van der Waals surface area contributed by atoms with Crippen molar-refractivity contribution in [3.05, 3.63) is 35.4 Å². The molecule has 2 heterocycles. The van der Waals surface area contributed by atoms with Crippen LogP contribution in [-0.2, 0) is 9.53 Å². The number of ether oxygens (including phenoxy) is 1. The molecular weight excluding hydrogens is 340 g/mol. The zero-order valence-electron chi connectivity index (χ0n) is 16.4. The molecule has 1 amide bonds. The van der Waals surface area contributed by atoms with Crippen LogP contribution in [0, 0.1) is 11.8 Å². The average Bonchev–Trinajstić information content (AvgIpc) is 2.67. The van der Waals surface area contributed by atoms with Crippen molar-refractivity contribution < 1.29 is 14.6 Å². The van der Waals surface area contributed by atoms with Crippen LogP contribution < -0.4 is 0 Å². The molecule has 0 spiro atoms. The Bertz CT molecular complexity index is 692. The smallest absolute Gasteiger partial charge is 0.222 e. The van der Waals surface area contributed by atoms with E-state index in [0.717, 1.165) is 38.0 Å². The van der Waals surface area contributed by atoms with Crippen LogP contribution in [0.5, 0.6) is 0 Å². The fraction of sp³-hybridized carbons (Fsp3) is 0.591. The van der Waals surface area contributed by atoms with Gasteiger partial charge in [0.25, 0.3) is 0 Å². The fourth-order valence-electron chi connectivity index (χ4n) is 4.39. The first kappa shape index (κ1) is 19.9. The maximum absolute atomic E-state index is 12.3. The molecule has 5 nitrogen and oxygen atoms in total. The van der Waals surface area contributed by atoms with Gasteiger partial charge >= 0.3 is 0 Å². The van der Waals surface area contributed by atoms with Gasteiger partial charge in [0.2, 0.25) is 5.91 Å². The molecule has 2 fully saturated rings. The average molecular weight is 370 g/mol. The lowest BCUT2D eigenvalue weighted by Crippen LogP contribution is -2.67. The molecule has 1 N–H and O–H groups in total. The van der Waals surface area contributed by atoms with Crippen molar-refractivity contribution in [2.45, 2.75) is 44.2 Å². The highest BCUT2D eigenvalue weighted by atomic mass is 16.5. The second-order valence-corrected chi connectivity index (χ2v) is 7.34. The zero-order chi connectivity index (χ0) is 19.2. The molecule has 1 aromatic carbocycles. The minimum Gasteiger partial charge on any atom is -0.395 e. The largest absolute Gasteiger partial charge is 0.395 e. The Morgan fingerprint density at radius 3 is 2.67 bits per heavy atom. The highest BCUT2D eigenvalue weighted by Gasteiger charge is 2.49. The number of aliphatic hydroxyl groups excluding tert-OH is 1. The van der Waals surface area contributed by atoms with Crippen molar-refractivity contribution in [1.29, 1.82) is 0 Å². The van der Waals surface area contributed by atoms with E-state index in [4.69, 9.17) is 4.74 Å². The minimum absolute atomic E-state index is 0.136. The fourth-order valence-corrected chi connectivity index (χ4v) is 4.39. The Morgan fingerprint density at radius 2 is 2.00 bits per heavy atom. The molecule has 0 aromatic heterocycles. The van der Waals surface area contributed by atoms with E-state index >= 15 is 0 Å². The van der Waals surface area contributed by atoms with Gasteiger partial charge in [-0.05, 0) is 37.1 Å². The monoisotopic (exact) mass is 370 g/mol. The molecule has 0 radical (unpaired) electrons. The minimum atomic E-state index is 0.136. The van der Waals surface area contributed by atoms with E-state index in [2.05, 4.69) is 28.9 Å². The topological polar surface area (TPSA) is 53.0 Å². The molecule has 1 aromatic rings. The number of aliphatic hydroxyl groups is 1. The number of carbonyl (C=O) groups excluding carboxylic acids is 1. The van der Waals surface area contributed by atoms with Gasteiger partial charge in [-0.3, -0.25) is 9.69 Å². The maximum atomic E-state index is 12.3. The molecule has 0 bridgehead atoms. The number of carbonyl (C=O) groups is 1. The van der Waals surface area contributed by atoms with E-state index in [1.807, 2.05) is 24.0 Å². The van der Waals surface area contributed by atoms with E-state index in [1.54, 1.807) is 7.11 Å². The summed E-state index contributed by atoms with van der Waals surface area (Å²) in [6.07, 6.45) is 2.66. The number of nitrogens with zero attached hydrogens (tertiary/aromatic N) is 2. The second-order valence-electron chi connectivity index (χ2n) is 7.34. The number of hydrogen-bond acceptors (Lipinski definition) is 4. The van der Waals surface area contributed by atoms with Crippen molar-refractivity contribution in [3.63, 3.8) is 0 Å². The van der Waals surface area contributed by atoms with Gasteiger partial charge < -0.3 is 14.7 Å². The molecule has 0 aliphatic carbocycles. The van der Waals surface area contributed by atoms with E-state index in [-0.39, 0.29) is 30.5 Å². The summed E-state index contributed by atoms with van der Waals surface area (Å²) in [4.78, 5) is 16.7. The summed E-state index contributed by atoms with van der Waals surface area (Å²) < 4.78 is 4.96. The summed E-state index contributed by atoms with van der Waals surface area (Å²) >= 11 is 0. The lowest BCUT2D eigenvalue weighted by Gasteiger charge is -2.57. The van der Waals surface area contributed by atoms with Crippen molar-refractivity contribution >= 4 is 5.91 Å². The van der Waals surface area contributed by atoms with Crippen LogP contribution in [0.3, 0.4) is 0 Å². The summed E-state index contributed by atoms with van der Waals surface area (Å²) in [7, 11) is 1.64. The quantitative estimate of drug-likeness (QED) is 0.822. The molecule has 2 saturated heterocycles. The first-order valence-electron chi connectivity index (χ1n) is 9.91. The van der Waals surface area contributed by atoms with Gasteiger partial charge in [-0.25, -0.2) is 0 Å². The molecule has 27 heavy (non-hydrogen) atoms. The van der Waals surface area contributed by atoms with Gasteiger partial charge in [0, 0.05) is 50.2 Å². The van der Waals surface area contributed by atoms with Gasteiger partial charge in [0.1, 0.15) is 6.61 Å². The van der Waals surface area contributed by atoms with Crippen molar-refractivity contribution in [3.8, 4) is 11.8 Å². The third-order valence-electron chi connectivity index (χ3n) is 5.77. The van der Waals surface area contributed by atoms with Gasteiger partial charge in [-0.1, -0.05) is 30.9 Å².